The average Bonchev–Trinajstić information content (AvgIpc) is 2.65. The normalized spacial score (nSPS) is 17.6. The first-order chi connectivity index (χ1) is 11.5. The molecular formula is C19H43NO2Si2. The molecule has 0 heterocycles. The third-order valence-electron chi connectivity index (χ3n) is 6.74. The summed E-state index contributed by atoms with van der Waals surface area (Å²) < 4.78 is 14.4. The Hall–Kier alpha value is 0.314. The minimum atomic E-state index is -1.89. The van der Waals surface area contributed by atoms with Gasteiger partial charge in [0.2, 0.25) is 0 Å². The van der Waals surface area contributed by atoms with Crippen LogP contribution in [0.2, 0.25) is 30.7 Å². The third-order valence-corrected chi connectivity index (χ3v) is 15.5. The lowest BCUT2D eigenvalue weighted by molar-refractivity contribution is 0.233. The molecule has 1 fully saturated rings. The van der Waals surface area contributed by atoms with Crippen molar-refractivity contribution in [1.82, 2.24) is 4.57 Å². The first-order valence-corrected chi connectivity index (χ1v) is 15.5. The van der Waals surface area contributed by atoms with Crippen LogP contribution in [0.25, 0.3) is 0 Å². The van der Waals surface area contributed by atoms with Gasteiger partial charge in [0.25, 0.3) is 0 Å². The van der Waals surface area contributed by atoms with Crippen molar-refractivity contribution < 1.29 is 8.85 Å². The van der Waals surface area contributed by atoms with Gasteiger partial charge in [-0.05, 0) is 56.5 Å². The Morgan fingerprint density at radius 2 is 1.42 bits per heavy atom. The van der Waals surface area contributed by atoms with E-state index in [0.29, 0.717) is 0 Å². The number of hydrogen-bond acceptors (Lipinski definition) is 3. The molecule has 0 atom stereocenters. The fourth-order valence-corrected chi connectivity index (χ4v) is 10.4. The van der Waals surface area contributed by atoms with Gasteiger partial charge in [0.05, 0.1) is 0 Å². The van der Waals surface area contributed by atoms with Gasteiger partial charge in [0.15, 0.2) is 0 Å². The Morgan fingerprint density at radius 1 is 0.875 bits per heavy atom. The molecule has 0 saturated heterocycles. The zero-order chi connectivity index (χ0) is 18.1. The predicted molar refractivity (Wildman–Crippen MR) is 110 cm³/mol. The van der Waals surface area contributed by atoms with E-state index in [4.69, 9.17) is 8.85 Å². The van der Waals surface area contributed by atoms with Crippen molar-refractivity contribution in [1.29, 1.82) is 0 Å². The van der Waals surface area contributed by atoms with Crippen LogP contribution in [0, 0.1) is 0 Å². The fourth-order valence-electron chi connectivity index (χ4n) is 4.57. The smallest absolute Gasteiger partial charge is 0.334 e. The monoisotopic (exact) mass is 373 g/mol. The number of hydrogen-bond donors (Lipinski definition) is 0. The maximum absolute atomic E-state index is 5.65. The highest BCUT2D eigenvalue weighted by atomic mass is 28.4. The van der Waals surface area contributed by atoms with Crippen LogP contribution in [0.5, 0.6) is 0 Å². The molecule has 0 aromatic heterocycles. The molecule has 0 aromatic rings. The van der Waals surface area contributed by atoms with Crippen LogP contribution in [0.1, 0.15) is 65.7 Å². The highest BCUT2D eigenvalue weighted by molar-refractivity contribution is 6.77. The zero-order valence-electron chi connectivity index (χ0n) is 17.3. The summed E-state index contributed by atoms with van der Waals surface area (Å²) in [4.78, 5) is 0. The molecule has 24 heavy (non-hydrogen) atoms. The molecule has 0 radical (unpaired) electrons. The van der Waals surface area contributed by atoms with Gasteiger partial charge >= 0.3 is 8.56 Å². The first kappa shape index (κ1) is 22.4. The average molecular weight is 374 g/mol. The van der Waals surface area contributed by atoms with Gasteiger partial charge in [-0.2, -0.15) is 0 Å². The topological polar surface area (TPSA) is 21.7 Å². The lowest BCUT2D eigenvalue weighted by Gasteiger charge is -2.47. The molecule has 0 N–H and O–H groups in total. The largest absolute Gasteiger partial charge is 0.398 e. The van der Waals surface area contributed by atoms with Crippen molar-refractivity contribution in [3.63, 3.8) is 0 Å². The highest BCUT2D eigenvalue weighted by Gasteiger charge is 2.38. The minimum absolute atomic E-state index is 0.874. The van der Waals surface area contributed by atoms with Crippen molar-refractivity contribution in [3.8, 4) is 0 Å². The van der Waals surface area contributed by atoms with Crippen molar-refractivity contribution >= 4 is 16.8 Å². The number of rotatable bonds is 12. The molecule has 1 aliphatic carbocycles. The first-order valence-electron chi connectivity index (χ1n) is 10.4. The second kappa shape index (κ2) is 11.1. The van der Waals surface area contributed by atoms with Crippen molar-refractivity contribution in [2.45, 2.75) is 102 Å². The van der Waals surface area contributed by atoms with E-state index in [0.717, 1.165) is 12.1 Å². The second-order valence-corrected chi connectivity index (χ2v) is 16.5. The van der Waals surface area contributed by atoms with E-state index >= 15 is 0 Å². The summed E-state index contributed by atoms with van der Waals surface area (Å²) in [7, 11) is 0.474. The molecule has 0 aliphatic heterocycles. The summed E-state index contributed by atoms with van der Waals surface area (Å²) in [5, 5.41) is 0. The Bertz CT molecular complexity index is 319. The Kier molecular flexibility index (Phi) is 10.4. The molecular weight excluding hydrogens is 330 g/mol. The minimum Gasteiger partial charge on any atom is -0.398 e. The summed E-state index contributed by atoms with van der Waals surface area (Å²) in [6.07, 6.45) is 9.78. The van der Waals surface area contributed by atoms with E-state index < -0.39 is 16.8 Å². The van der Waals surface area contributed by atoms with Gasteiger partial charge in [-0.25, -0.2) is 0 Å². The van der Waals surface area contributed by atoms with E-state index in [2.05, 4.69) is 31.9 Å². The molecule has 3 nitrogen and oxygen atoms in total. The lowest BCUT2D eigenvalue weighted by Crippen LogP contribution is -2.57. The van der Waals surface area contributed by atoms with Gasteiger partial charge in [0, 0.05) is 20.3 Å². The van der Waals surface area contributed by atoms with E-state index in [-0.39, 0.29) is 0 Å². The summed E-state index contributed by atoms with van der Waals surface area (Å²) in [6.45, 7) is 10.9. The second-order valence-electron chi connectivity index (χ2n) is 7.77. The molecule has 0 amide bonds. The van der Waals surface area contributed by atoms with E-state index in [1.54, 1.807) is 0 Å². The molecule has 0 unspecified atom stereocenters. The molecule has 0 spiro atoms. The van der Waals surface area contributed by atoms with Gasteiger partial charge in [-0.3, -0.25) is 0 Å². The summed E-state index contributed by atoms with van der Waals surface area (Å²) in [6, 6.07) is 6.24. The molecule has 0 bridgehead atoms. The van der Waals surface area contributed by atoms with Crippen LogP contribution in [-0.4, -0.2) is 48.2 Å². The molecule has 1 rings (SSSR count). The molecule has 5 heteroatoms. The van der Waals surface area contributed by atoms with Crippen LogP contribution in [0.15, 0.2) is 0 Å². The van der Waals surface area contributed by atoms with Gasteiger partial charge in [-0.15, -0.1) is 0 Å². The van der Waals surface area contributed by atoms with Crippen molar-refractivity contribution in [3.05, 3.63) is 0 Å². The van der Waals surface area contributed by atoms with Gasteiger partial charge < -0.3 is 13.4 Å². The summed E-state index contributed by atoms with van der Waals surface area (Å²) >= 11 is 0. The molecule has 0 aromatic carbocycles. The number of nitrogens with zero attached hydrogens (tertiary/aromatic N) is 1. The van der Waals surface area contributed by atoms with Crippen LogP contribution < -0.4 is 0 Å². The maximum Gasteiger partial charge on any atom is 0.334 e. The van der Waals surface area contributed by atoms with Crippen molar-refractivity contribution in [2.24, 2.45) is 0 Å². The molecule has 1 saturated carbocycles. The lowest BCUT2D eigenvalue weighted by atomic mass is 9.95. The maximum atomic E-state index is 5.65. The number of unbranched alkanes of at least 4 members (excludes halogenated alkanes) is 1. The van der Waals surface area contributed by atoms with Crippen LogP contribution in [0.4, 0.5) is 0 Å². The summed E-state index contributed by atoms with van der Waals surface area (Å²) in [5.74, 6) is 0. The SMILES string of the molecule is CC[Si](CC)(CC)N(CCCC[Si](C)(OC)OC)C1CCCCC1. The third kappa shape index (κ3) is 5.94. The Balaban J connectivity index is 2.68. The van der Waals surface area contributed by atoms with Crippen LogP contribution in [0.3, 0.4) is 0 Å². The standard InChI is InChI=1S/C19H43NO2Si2/c1-7-24(8-2,9-3)20(19-15-11-10-12-16-19)17-13-14-18-23(6,21-4)22-5/h19H,7-18H2,1-6H3. The van der Waals surface area contributed by atoms with E-state index in [1.807, 2.05) is 14.2 Å². The predicted octanol–water partition coefficient (Wildman–Crippen LogP) is 5.77. The zero-order valence-corrected chi connectivity index (χ0v) is 19.3. The van der Waals surface area contributed by atoms with Crippen molar-refractivity contribution in [2.75, 3.05) is 20.8 Å². The van der Waals surface area contributed by atoms with E-state index in [9.17, 15) is 0 Å². The van der Waals surface area contributed by atoms with Gasteiger partial charge in [-0.1, -0.05) is 46.5 Å². The Morgan fingerprint density at radius 3 is 1.88 bits per heavy atom. The van der Waals surface area contributed by atoms with E-state index in [1.165, 1.54) is 69.6 Å². The quantitative estimate of drug-likeness (QED) is 0.320. The van der Waals surface area contributed by atoms with Crippen LogP contribution >= 0.6 is 0 Å². The highest BCUT2D eigenvalue weighted by Crippen LogP contribution is 2.33. The molecule has 1 aliphatic rings. The Labute approximate surface area is 153 Å². The molecule has 144 valence electrons. The fraction of sp³-hybridized carbons (Fsp3) is 1.00. The van der Waals surface area contributed by atoms with Gasteiger partial charge in [0.1, 0.15) is 8.24 Å². The summed E-state index contributed by atoms with van der Waals surface area (Å²) in [5.41, 5.74) is 0. The van der Waals surface area contributed by atoms with Crippen LogP contribution in [-0.2, 0) is 8.85 Å².